The molecule has 0 saturated carbocycles. The normalized spacial score (nSPS) is 15.8. The lowest BCUT2D eigenvalue weighted by Gasteiger charge is -2.19. The molecule has 0 bridgehead atoms. The highest BCUT2D eigenvalue weighted by atomic mass is 16.5. The Hall–Kier alpha value is -3.13. The second-order valence-corrected chi connectivity index (χ2v) is 6.62. The van der Waals surface area contributed by atoms with Crippen molar-refractivity contribution >= 4 is 5.97 Å². The summed E-state index contributed by atoms with van der Waals surface area (Å²) in [6, 6.07) is 11.3. The summed E-state index contributed by atoms with van der Waals surface area (Å²) in [6.07, 6.45) is 1.58. The van der Waals surface area contributed by atoms with E-state index in [0.717, 1.165) is 46.8 Å². The molecule has 2 aromatic carbocycles. The molecule has 0 fully saturated rings. The van der Waals surface area contributed by atoms with Gasteiger partial charge in [0, 0.05) is 11.1 Å². The topological polar surface area (TPSA) is 65.0 Å². The van der Waals surface area contributed by atoms with Crippen molar-refractivity contribution in [1.29, 1.82) is 0 Å². The molecule has 1 aliphatic carbocycles. The highest BCUT2D eigenvalue weighted by Gasteiger charge is 2.30. The van der Waals surface area contributed by atoms with Crippen LogP contribution in [0.5, 0.6) is 17.2 Å². The second kappa shape index (κ2) is 8.71. The second-order valence-electron chi connectivity index (χ2n) is 6.62. The van der Waals surface area contributed by atoms with Gasteiger partial charge in [0.25, 0.3) is 0 Å². The number of aliphatic carboxylic acids is 1. The van der Waals surface area contributed by atoms with Crippen LogP contribution in [0.2, 0.25) is 0 Å². The number of carboxylic acids is 1. The number of hydrogen-bond donors (Lipinski definition) is 1. The van der Waals surface area contributed by atoms with Crippen LogP contribution in [0.25, 0.3) is 0 Å². The Balaban J connectivity index is 1.81. The van der Waals surface area contributed by atoms with E-state index in [2.05, 4.69) is 11.8 Å². The van der Waals surface area contributed by atoms with Crippen molar-refractivity contribution in [1.82, 2.24) is 0 Å². The largest absolute Gasteiger partial charge is 0.496 e. The summed E-state index contributed by atoms with van der Waals surface area (Å²) in [6.45, 7) is 1.71. The van der Waals surface area contributed by atoms with Crippen molar-refractivity contribution in [2.75, 3.05) is 14.2 Å². The monoisotopic (exact) mass is 380 g/mol. The summed E-state index contributed by atoms with van der Waals surface area (Å²) in [5.41, 5.74) is 3.03. The van der Waals surface area contributed by atoms with E-state index in [-0.39, 0.29) is 18.4 Å². The quantitative estimate of drug-likeness (QED) is 0.724. The Bertz CT molecular complexity index is 905. The minimum atomic E-state index is -0.864. The van der Waals surface area contributed by atoms with Gasteiger partial charge in [0.2, 0.25) is 0 Å². The van der Waals surface area contributed by atoms with E-state index in [0.29, 0.717) is 0 Å². The molecule has 0 aliphatic heterocycles. The van der Waals surface area contributed by atoms with Gasteiger partial charge < -0.3 is 19.3 Å². The molecule has 0 spiro atoms. The van der Waals surface area contributed by atoms with Gasteiger partial charge in [-0.05, 0) is 49.6 Å². The van der Waals surface area contributed by atoms with E-state index >= 15 is 0 Å². The molecule has 0 radical (unpaired) electrons. The molecule has 0 amide bonds. The van der Waals surface area contributed by atoms with Crippen LogP contribution in [0, 0.1) is 11.8 Å². The Morgan fingerprint density at radius 3 is 2.43 bits per heavy atom. The molecule has 2 aromatic rings. The molecule has 0 aromatic heterocycles. The molecule has 28 heavy (non-hydrogen) atoms. The number of fused-ring (bicyclic) bond motifs is 1. The molecule has 0 heterocycles. The molecule has 0 saturated heterocycles. The maximum atomic E-state index is 11.1. The third-order valence-corrected chi connectivity index (χ3v) is 4.95. The van der Waals surface area contributed by atoms with E-state index < -0.39 is 5.97 Å². The summed E-state index contributed by atoms with van der Waals surface area (Å²) in [5, 5.41) is 9.09. The van der Waals surface area contributed by atoms with Crippen LogP contribution < -0.4 is 14.2 Å². The first-order valence-corrected chi connectivity index (χ1v) is 9.21. The summed E-state index contributed by atoms with van der Waals surface area (Å²) in [4.78, 5) is 11.1. The summed E-state index contributed by atoms with van der Waals surface area (Å²) >= 11 is 0. The van der Waals surface area contributed by atoms with Crippen LogP contribution in [0.3, 0.4) is 0 Å². The SMILES string of the molecule is CC#CC(CC(=O)O)c1ccc(OC2CCc3c(OC)ccc(OC)c32)cc1. The van der Waals surface area contributed by atoms with Crippen LogP contribution >= 0.6 is 0 Å². The smallest absolute Gasteiger partial charge is 0.304 e. The summed E-state index contributed by atoms with van der Waals surface area (Å²) in [5.74, 6) is 6.96. The van der Waals surface area contributed by atoms with E-state index in [1.165, 1.54) is 0 Å². The molecule has 5 heteroatoms. The maximum Gasteiger partial charge on any atom is 0.304 e. The van der Waals surface area contributed by atoms with E-state index in [4.69, 9.17) is 19.3 Å². The number of ether oxygens (including phenoxy) is 3. The van der Waals surface area contributed by atoms with E-state index in [1.54, 1.807) is 21.1 Å². The molecule has 2 unspecified atom stereocenters. The van der Waals surface area contributed by atoms with Crippen molar-refractivity contribution in [2.45, 2.75) is 38.2 Å². The lowest BCUT2D eigenvalue weighted by atomic mass is 9.96. The van der Waals surface area contributed by atoms with Gasteiger partial charge >= 0.3 is 5.97 Å². The molecular weight excluding hydrogens is 356 g/mol. The van der Waals surface area contributed by atoms with Crippen LogP contribution in [-0.2, 0) is 11.2 Å². The molecule has 5 nitrogen and oxygen atoms in total. The van der Waals surface area contributed by atoms with Crippen LogP contribution in [0.15, 0.2) is 36.4 Å². The molecule has 3 rings (SSSR count). The minimum absolute atomic E-state index is 0.0198. The Morgan fingerprint density at radius 2 is 1.82 bits per heavy atom. The van der Waals surface area contributed by atoms with Gasteiger partial charge in [-0.2, -0.15) is 0 Å². The van der Waals surface area contributed by atoms with Crippen LogP contribution in [-0.4, -0.2) is 25.3 Å². The third kappa shape index (κ3) is 4.07. The van der Waals surface area contributed by atoms with Gasteiger partial charge in [-0.15, -0.1) is 5.92 Å². The average Bonchev–Trinajstić information content (AvgIpc) is 3.11. The van der Waals surface area contributed by atoms with Gasteiger partial charge in [0.1, 0.15) is 23.4 Å². The zero-order chi connectivity index (χ0) is 20.1. The van der Waals surface area contributed by atoms with Gasteiger partial charge in [0.15, 0.2) is 0 Å². The fourth-order valence-electron chi connectivity index (χ4n) is 3.68. The minimum Gasteiger partial charge on any atom is -0.496 e. The first-order chi connectivity index (χ1) is 13.6. The molecule has 1 aliphatic rings. The maximum absolute atomic E-state index is 11.1. The van der Waals surface area contributed by atoms with E-state index in [1.807, 2.05) is 36.4 Å². The van der Waals surface area contributed by atoms with Crippen molar-refractivity contribution in [2.24, 2.45) is 0 Å². The number of benzene rings is 2. The zero-order valence-corrected chi connectivity index (χ0v) is 16.3. The molecule has 1 N–H and O–H groups in total. The van der Waals surface area contributed by atoms with Gasteiger partial charge in [0.05, 0.1) is 26.6 Å². The Morgan fingerprint density at radius 1 is 1.14 bits per heavy atom. The number of rotatable bonds is 7. The third-order valence-electron chi connectivity index (χ3n) is 4.95. The number of carbonyl (C=O) groups is 1. The fraction of sp³-hybridized carbons (Fsp3) is 0.348. The lowest BCUT2D eigenvalue weighted by molar-refractivity contribution is -0.137. The molecule has 2 atom stereocenters. The highest BCUT2D eigenvalue weighted by Crippen LogP contribution is 2.44. The van der Waals surface area contributed by atoms with E-state index in [9.17, 15) is 4.79 Å². The van der Waals surface area contributed by atoms with Crippen molar-refractivity contribution in [3.63, 3.8) is 0 Å². The number of methoxy groups -OCH3 is 2. The summed E-state index contributed by atoms with van der Waals surface area (Å²) < 4.78 is 17.2. The first kappa shape index (κ1) is 19.6. The van der Waals surface area contributed by atoms with Crippen molar-refractivity contribution in [3.8, 4) is 29.1 Å². The predicted octanol–water partition coefficient (Wildman–Crippen LogP) is 4.35. The van der Waals surface area contributed by atoms with Crippen molar-refractivity contribution in [3.05, 3.63) is 53.1 Å². The fourth-order valence-corrected chi connectivity index (χ4v) is 3.68. The number of carboxylic acid groups (broad SMARTS) is 1. The average molecular weight is 380 g/mol. The van der Waals surface area contributed by atoms with Crippen molar-refractivity contribution < 1.29 is 24.1 Å². The van der Waals surface area contributed by atoms with Crippen LogP contribution in [0.1, 0.15) is 48.5 Å². The first-order valence-electron chi connectivity index (χ1n) is 9.21. The van der Waals surface area contributed by atoms with Gasteiger partial charge in [-0.3, -0.25) is 4.79 Å². The number of hydrogen-bond acceptors (Lipinski definition) is 4. The lowest BCUT2D eigenvalue weighted by Crippen LogP contribution is -2.07. The van der Waals surface area contributed by atoms with Gasteiger partial charge in [-0.25, -0.2) is 0 Å². The Kier molecular flexibility index (Phi) is 6.10. The zero-order valence-electron chi connectivity index (χ0n) is 16.3. The molecule has 146 valence electrons. The van der Waals surface area contributed by atoms with Gasteiger partial charge in [-0.1, -0.05) is 18.1 Å². The highest BCUT2D eigenvalue weighted by molar-refractivity contribution is 5.69. The Labute approximate surface area is 165 Å². The standard InChI is InChI=1S/C23H24O5/c1-4-5-16(14-22(24)25)15-6-8-17(9-7-15)28-21-11-10-18-19(26-2)12-13-20(27-3)23(18)21/h6-9,12-13,16,21H,10-11,14H2,1-3H3,(H,24,25). The molecular formula is C23H24O5. The summed E-state index contributed by atoms with van der Waals surface area (Å²) in [7, 11) is 3.32. The van der Waals surface area contributed by atoms with Crippen LogP contribution in [0.4, 0.5) is 0 Å². The predicted molar refractivity (Wildman–Crippen MR) is 106 cm³/mol.